The third-order valence-corrected chi connectivity index (χ3v) is 1.85. The summed E-state index contributed by atoms with van der Waals surface area (Å²) < 4.78 is 9.14. The predicted molar refractivity (Wildman–Crippen MR) is 87.9 cm³/mol. The van der Waals surface area contributed by atoms with Crippen LogP contribution in [0.2, 0.25) is 0 Å². The average molecular weight is 524 g/mol. The SMILES string of the molecule is CC(C)(C)COC([S-])[S-].CC(C)(C)COC([S-])[S-].[Pt+4]. The van der Waals surface area contributed by atoms with E-state index in [0.29, 0.717) is 13.2 Å². The Balaban J connectivity index is -0.000000256. The Morgan fingerprint density at radius 1 is 0.684 bits per heavy atom. The summed E-state index contributed by atoms with van der Waals surface area (Å²) in [6, 6.07) is 0. The van der Waals surface area contributed by atoms with Crippen LogP contribution in [0.15, 0.2) is 0 Å². The molecule has 0 aromatic rings. The zero-order chi connectivity index (χ0) is 15.0. The Labute approximate surface area is 155 Å². The fraction of sp³-hybridized carbons (Fsp3) is 1.00. The molecule has 0 saturated heterocycles. The largest absolute Gasteiger partial charge is 4.00 e. The molecule has 2 nitrogen and oxygen atoms in total. The van der Waals surface area contributed by atoms with Crippen LogP contribution in [0.1, 0.15) is 41.5 Å². The van der Waals surface area contributed by atoms with E-state index in [9.17, 15) is 0 Å². The Morgan fingerprint density at radius 2 is 0.895 bits per heavy atom. The van der Waals surface area contributed by atoms with Crippen LogP contribution in [0.3, 0.4) is 0 Å². The first-order valence-electron chi connectivity index (χ1n) is 5.70. The zero-order valence-electron chi connectivity index (χ0n) is 12.3. The van der Waals surface area contributed by atoms with Gasteiger partial charge in [-0.3, -0.25) is 0 Å². The summed E-state index contributed by atoms with van der Waals surface area (Å²) in [5.41, 5.74) is 0.353. The molecule has 0 aromatic heterocycles. The maximum Gasteiger partial charge on any atom is 4.00 e. The molecule has 0 radical (unpaired) electrons. The molecule has 0 spiro atoms. The predicted octanol–water partition coefficient (Wildman–Crippen LogP) is 2.85. The van der Waals surface area contributed by atoms with Crippen molar-refractivity contribution in [2.75, 3.05) is 13.2 Å². The van der Waals surface area contributed by atoms with Crippen molar-refractivity contribution in [3.05, 3.63) is 0 Å². The molecule has 0 bridgehead atoms. The molecule has 118 valence electrons. The van der Waals surface area contributed by atoms with Gasteiger partial charge in [0.05, 0.1) is 0 Å². The summed E-state index contributed by atoms with van der Waals surface area (Å²) in [6.07, 6.45) is 0. The van der Waals surface area contributed by atoms with Crippen LogP contribution >= 0.6 is 0 Å². The molecule has 0 unspecified atom stereocenters. The van der Waals surface area contributed by atoms with Gasteiger partial charge in [-0.1, -0.05) is 41.5 Å². The molecule has 0 fully saturated rings. The van der Waals surface area contributed by atoms with E-state index < -0.39 is 9.54 Å². The molecule has 0 heterocycles. The second-order valence-electron chi connectivity index (χ2n) is 6.32. The van der Waals surface area contributed by atoms with Gasteiger partial charge in [0.15, 0.2) is 0 Å². The van der Waals surface area contributed by atoms with Crippen LogP contribution in [-0.4, -0.2) is 22.7 Å². The first kappa shape index (κ1) is 25.9. The van der Waals surface area contributed by atoms with E-state index in [1.54, 1.807) is 0 Å². The Hall–Kier alpha value is 2.01. The van der Waals surface area contributed by atoms with Gasteiger partial charge < -0.3 is 60.0 Å². The number of hydrogen-bond acceptors (Lipinski definition) is 6. The molecular formula is C12H24O2PtS4. The van der Waals surface area contributed by atoms with Crippen molar-refractivity contribution in [2.24, 2.45) is 10.8 Å². The van der Waals surface area contributed by atoms with Gasteiger partial charge in [-0.2, -0.15) is 9.54 Å². The van der Waals surface area contributed by atoms with Gasteiger partial charge in [0.1, 0.15) is 0 Å². The van der Waals surface area contributed by atoms with E-state index in [0.717, 1.165) is 0 Å². The minimum Gasteiger partial charge on any atom is -0.788 e. The van der Waals surface area contributed by atoms with E-state index in [4.69, 9.17) is 9.47 Å². The van der Waals surface area contributed by atoms with Gasteiger partial charge in [-0.15, -0.1) is 0 Å². The van der Waals surface area contributed by atoms with Crippen molar-refractivity contribution in [3.8, 4) is 0 Å². The second kappa shape index (κ2) is 12.5. The molecule has 0 saturated carbocycles. The van der Waals surface area contributed by atoms with Crippen molar-refractivity contribution in [3.63, 3.8) is 0 Å². The van der Waals surface area contributed by atoms with E-state index in [2.05, 4.69) is 92.1 Å². The molecule has 0 N–H and O–H groups in total. The normalized spacial score (nSPS) is 12.0. The van der Waals surface area contributed by atoms with Crippen LogP contribution in [0.25, 0.3) is 0 Å². The van der Waals surface area contributed by atoms with Crippen molar-refractivity contribution in [2.45, 2.75) is 51.1 Å². The van der Waals surface area contributed by atoms with Gasteiger partial charge in [0.25, 0.3) is 0 Å². The molecule has 0 aliphatic carbocycles. The minimum absolute atomic E-state index is 0. The molecule has 0 aromatic carbocycles. The molecule has 0 amide bonds. The Morgan fingerprint density at radius 3 is 0.947 bits per heavy atom. The fourth-order valence-corrected chi connectivity index (χ4v) is 0.908. The second-order valence-corrected chi connectivity index (χ2v) is 8.63. The van der Waals surface area contributed by atoms with Crippen LogP contribution in [0.5, 0.6) is 0 Å². The Kier molecular flexibility index (Phi) is 17.1. The van der Waals surface area contributed by atoms with E-state index >= 15 is 0 Å². The van der Waals surface area contributed by atoms with Crippen LogP contribution < -0.4 is 0 Å². The molecule has 0 aliphatic rings. The van der Waals surface area contributed by atoms with E-state index in [1.807, 2.05) is 0 Å². The van der Waals surface area contributed by atoms with Gasteiger partial charge in [0.2, 0.25) is 0 Å². The molecule has 19 heavy (non-hydrogen) atoms. The molecule has 0 rings (SSSR count). The summed E-state index contributed by atoms with van der Waals surface area (Å²) in [4.78, 5) is 0. The quantitative estimate of drug-likeness (QED) is 0.524. The summed E-state index contributed by atoms with van der Waals surface area (Å²) in [5.74, 6) is 0. The van der Waals surface area contributed by atoms with E-state index in [-0.39, 0.29) is 31.9 Å². The standard InChI is InChI=1S/2C6H14OS2.Pt/c2*1-6(2,3)4-7-5(8)9;/h2*5,8-9H,4H2,1-3H3;/q;;+4/p-4. The molecular weight excluding hydrogens is 499 g/mol. The summed E-state index contributed by atoms with van der Waals surface area (Å²) in [5, 5.41) is 0. The first-order chi connectivity index (χ1) is 7.83. The van der Waals surface area contributed by atoms with Crippen molar-refractivity contribution >= 4 is 50.5 Å². The summed E-state index contributed by atoms with van der Waals surface area (Å²) >= 11 is 18.6. The maximum atomic E-state index is 5.04. The van der Waals surface area contributed by atoms with E-state index in [1.165, 1.54) is 0 Å². The summed E-state index contributed by atoms with van der Waals surface area (Å²) in [6.45, 7) is 13.8. The summed E-state index contributed by atoms with van der Waals surface area (Å²) in [7, 11) is 0. The minimum atomic E-state index is -0.468. The number of hydrogen-bond donors (Lipinski definition) is 0. The van der Waals surface area contributed by atoms with Gasteiger partial charge in [0, 0.05) is 13.2 Å². The Bertz CT molecular complexity index is 179. The average Bonchev–Trinajstić information content (AvgIpc) is 2.10. The van der Waals surface area contributed by atoms with Crippen LogP contribution in [0, 0.1) is 10.8 Å². The van der Waals surface area contributed by atoms with Gasteiger partial charge >= 0.3 is 21.1 Å². The van der Waals surface area contributed by atoms with Crippen molar-refractivity contribution in [1.29, 1.82) is 0 Å². The molecule has 7 heteroatoms. The smallest absolute Gasteiger partial charge is 0.788 e. The zero-order valence-corrected chi connectivity index (χ0v) is 17.9. The number of rotatable bonds is 4. The monoisotopic (exact) mass is 523 g/mol. The maximum absolute atomic E-state index is 5.04. The third kappa shape index (κ3) is 33.1. The van der Waals surface area contributed by atoms with Gasteiger partial charge in [-0.05, 0) is 10.8 Å². The van der Waals surface area contributed by atoms with Crippen molar-refractivity contribution in [1.82, 2.24) is 0 Å². The third-order valence-electron chi connectivity index (χ3n) is 1.30. The van der Waals surface area contributed by atoms with Gasteiger partial charge in [-0.25, -0.2) is 0 Å². The van der Waals surface area contributed by atoms with Crippen LogP contribution in [-0.2, 0) is 81.1 Å². The topological polar surface area (TPSA) is 18.5 Å². The first-order valence-corrected chi connectivity index (χ1v) is 7.58. The molecule has 0 atom stereocenters. The van der Waals surface area contributed by atoms with Crippen LogP contribution in [0.4, 0.5) is 0 Å². The molecule has 0 aliphatic heterocycles. The van der Waals surface area contributed by atoms with Crippen molar-refractivity contribution < 1.29 is 30.5 Å². The number of ether oxygens (including phenoxy) is 2. The fourth-order valence-electron chi connectivity index (χ4n) is 0.636.